The number of hydrogen-bond donors (Lipinski definition) is 2. The molecule has 0 aliphatic carbocycles. The Morgan fingerprint density at radius 1 is 1.13 bits per heavy atom. The van der Waals surface area contributed by atoms with E-state index >= 15 is 0 Å². The minimum Gasteiger partial charge on any atom is -0.353 e. The number of amides is 2. The predicted octanol–water partition coefficient (Wildman–Crippen LogP) is -0.154. The highest BCUT2D eigenvalue weighted by atomic mass is 16.2. The number of hydrogen-bond acceptors (Lipinski definition) is 5. The molecule has 2 N–H and O–H groups in total. The van der Waals surface area contributed by atoms with Crippen LogP contribution in [0.1, 0.15) is 42.1 Å². The first kappa shape index (κ1) is 17.4. The van der Waals surface area contributed by atoms with Crippen molar-refractivity contribution in [2.45, 2.75) is 32.6 Å². The summed E-state index contributed by atoms with van der Waals surface area (Å²) in [6, 6.07) is 0. The topological polar surface area (TPSA) is 92.1 Å². The van der Waals surface area contributed by atoms with Gasteiger partial charge in [0, 0.05) is 20.1 Å². The predicted molar refractivity (Wildman–Crippen MR) is 86.0 cm³/mol. The summed E-state index contributed by atoms with van der Waals surface area (Å²) in [5.74, 6) is 0.155. The molecule has 0 spiro atoms. The van der Waals surface area contributed by atoms with Crippen molar-refractivity contribution in [1.29, 1.82) is 0 Å². The summed E-state index contributed by atoms with van der Waals surface area (Å²) in [6.45, 7) is 5.35. The van der Waals surface area contributed by atoms with Crippen molar-refractivity contribution >= 4 is 11.8 Å². The van der Waals surface area contributed by atoms with Gasteiger partial charge in [0.05, 0.1) is 6.54 Å². The summed E-state index contributed by atoms with van der Waals surface area (Å²) in [5, 5.41) is 9.41. The van der Waals surface area contributed by atoms with Crippen LogP contribution in [0.5, 0.6) is 0 Å². The Labute approximate surface area is 136 Å². The fourth-order valence-electron chi connectivity index (χ4n) is 2.73. The molecule has 8 nitrogen and oxygen atoms in total. The average molecular weight is 322 g/mol. The van der Waals surface area contributed by atoms with Crippen molar-refractivity contribution in [3.63, 3.8) is 0 Å². The second-order valence-electron chi connectivity index (χ2n) is 5.89. The molecule has 0 radical (unpaired) electrons. The van der Waals surface area contributed by atoms with Gasteiger partial charge in [-0.3, -0.25) is 9.59 Å². The molecule has 0 atom stereocenters. The lowest BCUT2D eigenvalue weighted by atomic mass is 10.2. The summed E-state index contributed by atoms with van der Waals surface area (Å²) < 4.78 is 1.40. The van der Waals surface area contributed by atoms with Gasteiger partial charge in [-0.15, -0.1) is 0 Å². The number of aromatic nitrogens is 3. The van der Waals surface area contributed by atoms with Gasteiger partial charge in [-0.1, -0.05) is 12.8 Å². The summed E-state index contributed by atoms with van der Waals surface area (Å²) in [6.07, 6.45) is 5.08. The number of nitrogens with zero attached hydrogens (tertiary/aromatic N) is 4. The molecule has 1 aliphatic heterocycles. The minimum atomic E-state index is -0.393. The molecule has 2 rings (SSSR count). The Hall–Kier alpha value is -1.96. The highest BCUT2D eigenvalue weighted by Gasteiger charge is 2.15. The normalized spacial score (nSPS) is 15.9. The van der Waals surface area contributed by atoms with Gasteiger partial charge in [-0.25, -0.2) is 9.67 Å². The van der Waals surface area contributed by atoms with Crippen molar-refractivity contribution in [2.75, 3.05) is 32.7 Å². The summed E-state index contributed by atoms with van der Waals surface area (Å²) >= 11 is 0. The lowest BCUT2D eigenvalue weighted by Crippen LogP contribution is -2.41. The average Bonchev–Trinajstić information content (AvgIpc) is 2.72. The van der Waals surface area contributed by atoms with Crippen LogP contribution in [0.25, 0.3) is 0 Å². The van der Waals surface area contributed by atoms with Gasteiger partial charge < -0.3 is 15.5 Å². The van der Waals surface area contributed by atoms with Crippen molar-refractivity contribution in [2.24, 2.45) is 7.05 Å². The molecule has 1 aromatic rings. The second kappa shape index (κ2) is 8.61. The van der Waals surface area contributed by atoms with Crippen LogP contribution in [0.2, 0.25) is 0 Å². The van der Waals surface area contributed by atoms with Gasteiger partial charge in [-0.2, -0.15) is 5.10 Å². The third-order valence-electron chi connectivity index (χ3n) is 3.93. The standard InChI is InChI=1S/C15H26N6O2/c1-12-18-14(20(2)19-12)15(23)17-11-13(22)16-7-10-21-8-5-3-4-6-9-21/h3-11H2,1-2H3,(H,16,22)(H,17,23). The van der Waals surface area contributed by atoms with E-state index in [2.05, 4.69) is 25.6 Å². The van der Waals surface area contributed by atoms with E-state index in [1.165, 1.54) is 30.4 Å². The van der Waals surface area contributed by atoms with E-state index in [9.17, 15) is 9.59 Å². The Kier molecular flexibility index (Phi) is 6.52. The van der Waals surface area contributed by atoms with E-state index in [1.54, 1.807) is 14.0 Å². The van der Waals surface area contributed by atoms with Gasteiger partial charge >= 0.3 is 0 Å². The number of likely N-dealkylation sites (tertiary alicyclic amines) is 1. The Bertz CT molecular complexity index is 534. The first-order chi connectivity index (χ1) is 11.1. The van der Waals surface area contributed by atoms with Crippen molar-refractivity contribution in [3.8, 4) is 0 Å². The zero-order valence-electron chi connectivity index (χ0n) is 14.0. The van der Waals surface area contributed by atoms with Crippen LogP contribution < -0.4 is 10.6 Å². The van der Waals surface area contributed by atoms with Crippen LogP contribution in [-0.2, 0) is 11.8 Å². The molecule has 0 aromatic carbocycles. The SMILES string of the molecule is Cc1nc(C(=O)NCC(=O)NCCN2CCCCCC2)n(C)n1. The second-order valence-corrected chi connectivity index (χ2v) is 5.89. The number of rotatable bonds is 6. The molecule has 2 amide bonds. The lowest BCUT2D eigenvalue weighted by molar-refractivity contribution is -0.120. The van der Waals surface area contributed by atoms with Crippen LogP contribution in [0, 0.1) is 6.92 Å². The first-order valence-electron chi connectivity index (χ1n) is 8.21. The fourth-order valence-corrected chi connectivity index (χ4v) is 2.73. The maximum Gasteiger partial charge on any atom is 0.289 e. The zero-order chi connectivity index (χ0) is 16.7. The summed E-state index contributed by atoms with van der Waals surface area (Å²) in [4.78, 5) is 30.1. The Balaban J connectivity index is 1.64. The maximum atomic E-state index is 11.9. The molecule has 1 aromatic heterocycles. The van der Waals surface area contributed by atoms with E-state index in [0.29, 0.717) is 12.4 Å². The molecule has 1 fully saturated rings. The van der Waals surface area contributed by atoms with E-state index in [1.807, 2.05) is 0 Å². The molecule has 128 valence electrons. The molecule has 1 aliphatic rings. The number of carbonyl (C=O) groups excluding carboxylic acids is 2. The maximum absolute atomic E-state index is 11.9. The van der Waals surface area contributed by atoms with Gasteiger partial charge in [0.15, 0.2) is 0 Å². The lowest BCUT2D eigenvalue weighted by Gasteiger charge is -2.19. The number of aryl methyl sites for hydroxylation is 2. The summed E-state index contributed by atoms with van der Waals surface area (Å²) in [5.41, 5.74) is 0. The molecule has 0 unspecified atom stereocenters. The zero-order valence-corrected chi connectivity index (χ0v) is 14.0. The van der Waals surface area contributed by atoms with Crippen LogP contribution in [0.4, 0.5) is 0 Å². The molecule has 0 bridgehead atoms. The van der Waals surface area contributed by atoms with Crippen molar-refractivity contribution in [1.82, 2.24) is 30.3 Å². The van der Waals surface area contributed by atoms with Gasteiger partial charge in [0.25, 0.3) is 5.91 Å². The highest BCUT2D eigenvalue weighted by Crippen LogP contribution is 2.08. The number of carbonyl (C=O) groups is 2. The molecule has 2 heterocycles. The van der Waals surface area contributed by atoms with E-state index < -0.39 is 5.91 Å². The highest BCUT2D eigenvalue weighted by molar-refractivity contribution is 5.93. The van der Waals surface area contributed by atoms with E-state index in [-0.39, 0.29) is 18.3 Å². The van der Waals surface area contributed by atoms with E-state index in [0.717, 1.165) is 19.6 Å². The molecular weight excluding hydrogens is 296 g/mol. The Morgan fingerprint density at radius 2 is 1.83 bits per heavy atom. The third-order valence-corrected chi connectivity index (χ3v) is 3.93. The van der Waals surface area contributed by atoms with Crippen molar-refractivity contribution in [3.05, 3.63) is 11.6 Å². The quantitative estimate of drug-likeness (QED) is 0.760. The van der Waals surface area contributed by atoms with Crippen LogP contribution >= 0.6 is 0 Å². The largest absolute Gasteiger partial charge is 0.353 e. The fraction of sp³-hybridized carbons (Fsp3) is 0.733. The molecule has 23 heavy (non-hydrogen) atoms. The van der Waals surface area contributed by atoms with Crippen molar-refractivity contribution < 1.29 is 9.59 Å². The molecule has 1 saturated heterocycles. The molecule has 0 saturated carbocycles. The molecular formula is C15H26N6O2. The van der Waals surface area contributed by atoms with Gasteiger partial charge in [0.2, 0.25) is 11.7 Å². The minimum absolute atomic E-state index is 0.0509. The third kappa shape index (κ3) is 5.63. The van der Waals surface area contributed by atoms with Crippen LogP contribution in [0.15, 0.2) is 0 Å². The van der Waals surface area contributed by atoms with Crippen LogP contribution in [0.3, 0.4) is 0 Å². The van der Waals surface area contributed by atoms with Crippen LogP contribution in [-0.4, -0.2) is 64.2 Å². The Morgan fingerprint density at radius 3 is 2.43 bits per heavy atom. The first-order valence-corrected chi connectivity index (χ1v) is 8.21. The van der Waals surface area contributed by atoms with Gasteiger partial charge in [-0.05, 0) is 32.9 Å². The smallest absolute Gasteiger partial charge is 0.289 e. The van der Waals surface area contributed by atoms with Gasteiger partial charge in [0.1, 0.15) is 5.82 Å². The monoisotopic (exact) mass is 322 g/mol. The van der Waals surface area contributed by atoms with E-state index in [4.69, 9.17) is 0 Å². The molecule has 8 heteroatoms. The number of nitrogens with one attached hydrogen (secondary N) is 2. The summed E-state index contributed by atoms with van der Waals surface area (Å²) in [7, 11) is 1.65.